The number of aromatic nitrogens is 1. The second-order valence-electron chi connectivity index (χ2n) is 9.02. The van der Waals surface area contributed by atoms with Gasteiger partial charge in [0.05, 0.1) is 6.04 Å². The molecule has 1 unspecified atom stereocenters. The third kappa shape index (κ3) is 5.27. The molecule has 188 valence electrons. The van der Waals surface area contributed by atoms with Gasteiger partial charge < -0.3 is 14.5 Å². The zero-order valence-electron chi connectivity index (χ0n) is 21.0. The van der Waals surface area contributed by atoms with Crippen molar-refractivity contribution in [2.75, 3.05) is 20.1 Å². The summed E-state index contributed by atoms with van der Waals surface area (Å²) < 4.78 is 6.12. The highest BCUT2D eigenvalue weighted by Crippen LogP contribution is 2.38. The molecule has 1 aliphatic rings. The van der Waals surface area contributed by atoms with E-state index in [1.807, 2.05) is 72.5 Å². The van der Waals surface area contributed by atoms with E-state index in [1.165, 1.54) is 16.9 Å². The van der Waals surface area contributed by atoms with E-state index in [-0.39, 0.29) is 24.5 Å². The number of thiazole rings is 1. The Hall–Kier alpha value is -3.97. The molecule has 37 heavy (non-hydrogen) atoms. The molecule has 0 radical (unpaired) electrons. The summed E-state index contributed by atoms with van der Waals surface area (Å²) in [5.74, 6) is 0.638. The van der Waals surface area contributed by atoms with Gasteiger partial charge in [0.15, 0.2) is 0 Å². The Labute approximate surface area is 221 Å². The first-order valence-electron chi connectivity index (χ1n) is 12.4. The van der Waals surface area contributed by atoms with E-state index in [2.05, 4.69) is 23.2 Å². The topological polar surface area (TPSA) is 62.7 Å². The molecule has 0 spiro atoms. The van der Waals surface area contributed by atoms with Crippen LogP contribution in [0.25, 0.3) is 0 Å². The molecule has 0 bridgehead atoms. The van der Waals surface area contributed by atoms with Gasteiger partial charge in [0, 0.05) is 31.1 Å². The van der Waals surface area contributed by atoms with Gasteiger partial charge in [0.25, 0.3) is 11.8 Å². The maximum absolute atomic E-state index is 13.6. The summed E-state index contributed by atoms with van der Waals surface area (Å²) in [6.07, 6.45) is 0.778. The van der Waals surface area contributed by atoms with Gasteiger partial charge in [0.2, 0.25) is 0 Å². The first-order valence-corrected chi connectivity index (χ1v) is 13.3. The average Bonchev–Trinajstić information content (AvgIpc) is 3.44. The number of carbonyl (C=O) groups excluding carboxylic acids is 2. The lowest BCUT2D eigenvalue weighted by Gasteiger charge is -2.38. The molecular weight excluding hydrogens is 482 g/mol. The molecule has 0 saturated heterocycles. The fraction of sp³-hybridized carbons (Fsp3) is 0.233. The second kappa shape index (κ2) is 11.0. The lowest BCUT2D eigenvalue weighted by molar-refractivity contribution is 0.0693. The average molecular weight is 512 g/mol. The van der Waals surface area contributed by atoms with Gasteiger partial charge in [-0.2, -0.15) is 0 Å². The Balaban J connectivity index is 1.41. The molecule has 6 nitrogen and oxygen atoms in total. The van der Waals surface area contributed by atoms with Gasteiger partial charge in [-0.15, -0.1) is 11.3 Å². The molecule has 0 saturated carbocycles. The zero-order chi connectivity index (χ0) is 25.8. The normalized spacial score (nSPS) is 14.6. The van der Waals surface area contributed by atoms with Crippen molar-refractivity contribution in [2.45, 2.75) is 26.0 Å². The summed E-state index contributed by atoms with van der Waals surface area (Å²) in [6.45, 7) is 3.48. The number of rotatable bonds is 7. The largest absolute Gasteiger partial charge is 0.486 e. The number of hydrogen-bond acceptors (Lipinski definition) is 5. The van der Waals surface area contributed by atoms with Crippen molar-refractivity contribution in [3.63, 3.8) is 0 Å². The van der Waals surface area contributed by atoms with E-state index in [0.717, 1.165) is 22.6 Å². The Morgan fingerprint density at radius 1 is 1.05 bits per heavy atom. The SMILES string of the molecule is CCN(C)C(=O)c1csc(COc2ccc3c(c2)C(c2ccccc2)N(C(=O)c2ccccc2)CC3)n1. The van der Waals surface area contributed by atoms with Crippen molar-refractivity contribution < 1.29 is 14.3 Å². The molecule has 2 amide bonds. The van der Waals surface area contributed by atoms with E-state index in [1.54, 1.807) is 17.3 Å². The molecule has 3 aromatic carbocycles. The fourth-order valence-corrected chi connectivity index (χ4v) is 5.28. The third-order valence-corrected chi connectivity index (χ3v) is 7.52. The monoisotopic (exact) mass is 511 g/mol. The summed E-state index contributed by atoms with van der Waals surface area (Å²) in [4.78, 5) is 34.0. The summed E-state index contributed by atoms with van der Waals surface area (Å²) in [6, 6.07) is 25.5. The molecule has 0 N–H and O–H groups in total. The molecular formula is C30H29N3O3S. The van der Waals surface area contributed by atoms with E-state index in [0.29, 0.717) is 30.1 Å². The number of benzene rings is 3. The van der Waals surface area contributed by atoms with E-state index < -0.39 is 0 Å². The van der Waals surface area contributed by atoms with Crippen molar-refractivity contribution in [3.8, 4) is 5.75 Å². The predicted molar refractivity (Wildman–Crippen MR) is 145 cm³/mol. The van der Waals surface area contributed by atoms with Crippen molar-refractivity contribution in [3.05, 3.63) is 117 Å². The molecule has 1 aromatic heterocycles. The quantitative estimate of drug-likeness (QED) is 0.324. The maximum atomic E-state index is 13.6. The van der Waals surface area contributed by atoms with Crippen molar-refractivity contribution in [2.24, 2.45) is 0 Å². The molecule has 1 atom stereocenters. The number of carbonyl (C=O) groups is 2. The van der Waals surface area contributed by atoms with Gasteiger partial charge in [-0.05, 0) is 54.3 Å². The predicted octanol–water partition coefficient (Wildman–Crippen LogP) is 5.60. The van der Waals surface area contributed by atoms with Crippen LogP contribution < -0.4 is 4.74 Å². The first kappa shape index (κ1) is 24.7. The van der Waals surface area contributed by atoms with Crippen LogP contribution in [0, 0.1) is 0 Å². The van der Waals surface area contributed by atoms with E-state index in [4.69, 9.17) is 4.74 Å². The smallest absolute Gasteiger partial charge is 0.273 e. The minimum Gasteiger partial charge on any atom is -0.486 e. The molecule has 7 heteroatoms. The van der Waals surface area contributed by atoms with Crippen LogP contribution in [0.15, 0.2) is 84.2 Å². The van der Waals surface area contributed by atoms with Crippen LogP contribution in [-0.4, -0.2) is 46.7 Å². The molecule has 0 aliphatic carbocycles. The molecule has 1 aliphatic heterocycles. The summed E-state index contributed by atoms with van der Waals surface area (Å²) >= 11 is 1.42. The van der Waals surface area contributed by atoms with E-state index in [9.17, 15) is 9.59 Å². The van der Waals surface area contributed by atoms with Gasteiger partial charge in [-0.3, -0.25) is 9.59 Å². The van der Waals surface area contributed by atoms with Crippen LogP contribution in [0.2, 0.25) is 0 Å². The number of amides is 2. The molecule has 0 fully saturated rings. The van der Waals surface area contributed by atoms with Crippen LogP contribution >= 0.6 is 11.3 Å². The van der Waals surface area contributed by atoms with Crippen LogP contribution in [0.1, 0.15) is 55.5 Å². The van der Waals surface area contributed by atoms with Crippen LogP contribution in [0.5, 0.6) is 5.75 Å². The fourth-order valence-electron chi connectivity index (χ4n) is 4.60. The molecule has 4 aromatic rings. The van der Waals surface area contributed by atoms with Gasteiger partial charge in [-0.25, -0.2) is 4.98 Å². The zero-order valence-corrected chi connectivity index (χ0v) is 21.8. The number of nitrogens with zero attached hydrogens (tertiary/aromatic N) is 3. The highest BCUT2D eigenvalue weighted by molar-refractivity contribution is 7.09. The van der Waals surface area contributed by atoms with E-state index >= 15 is 0 Å². The van der Waals surface area contributed by atoms with Gasteiger partial charge in [0.1, 0.15) is 23.1 Å². The minimum atomic E-state index is -0.213. The van der Waals surface area contributed by atoms with Gasteiger partial charge in [-0.1, -0.05) is 54.6 Å². The minimum absolute atomic E-state index is 0.0171. The van der Waals surface area contributed by atoms with Crippen molar-refractivity contribution in [1.29, 1.82) is 0 Å². The number of hydrogen-bond donors (Lipinski definition) is 0. The highest BCUT2D eigenvalue weighted by atomic mass is 32.1. The summed E-state index contributed by atoms with van der Waals surface area (Å²) in [5.41, 5.74) is 4.47. The van der Waals surface area contributed by atoms with Crippen molar-refractivity contribution >= 4 is 23.2 Å². The van der Waals surface area contributed by atoms with Crippen LogP contribution in [-0.2, 0) is 13.0 Å². The standard InChI is InChI=1S/C30H29N3O3S/c1-3-32(2)30(35)26-20-37-27(31-26)19-36-24-15-14-21-16-17-33(29(34)23-12-8-5-9-13-23)28(25(21)18-24)22-10-6-4-7-11-22/h4-15,18,20,28H,3,16-17,19H2,1-2H3. The Morgan fingerprint density at radius 3 is 2.51 bits per heavy atom. The second-order valence-corrected chi connectivity index (χ2v) is 9.97. The highest BCUT2D eigenvalue weighted by Gasteiger charge is 2.33. The Kier molecular flexibility index (Phi) is 7.32. The third-order valence-electron chi connectivity index (χ3n) is 6.70. The van der Waals surface area contributed by atoms with Gasteiger partial charge >= 0.3 is 0 Å². The lowest BCUT2D eigenvalue weighted by Crippen LogP contribution is -2.40. The summed E-state index contributed by atoms with van der Waals surface area (Å²) in [5, 5.41) is 2.52. The first-order chi connectivity index (χ1) is 18.0. The Bertz CT molecular complexity index is 1390. The number of fused-ring (bicyclic) bond motifs is 1. The van der Waals surface area contributed by atoms with Crippen LogP contribution in [0.3, 0.4) is 0 Å². The van der Waals surface area contributed by atoms with Crippen LogP contribution in [0.4, 0.5) is 0 Å². The molecule has 2 heterocycles. The van der Waals surface area contributed by atoms with Crippen molar-refractivity contribution in [1.82, 2.24) is 14.8 Å². The Morgan fingerprint density at radius 2 is 1.78 bits per heavy atom. The lowest BCUT2D eigenvalue weighted by atomic mass is 9.87. The number of ether oxygens (including phenoxy) is 1. The molecule has 5 rings (SSSR count). The maximum Gasteiger partial charge on any atom is 0.273 e. The summed E-state index contributed by atoms with van der Waals surface area (Å²) in [7, 11) is 1.76.